The highest BCUT2D eigenvalue weighted by Crippen LogP contribution is 2.40. The van der Waals surface area contributed by atoms with E-state index in [1.807, 2.05) is 24.3 Å². The van der Waals surface area contributed by atoms with Gasteiger partial charge in [-0.15, -0.1) is 0 Å². The summed E-state index contributed by atoms with van der Waals surface area (Å²) in [6.07, 6.45) is 21.7. The van der Waals surface area contributed by atoms with E-state index < -0.39 is 8.60 Å². The highest BCUT2D eigenvalue weighted by Gasteiger charge is 2.20. The summed E-state index contributed by atoms with van der Waals surface area (Å²) in [6, 6.07) is 7.89. The van der Waals surface area contributed by atoms with Crippen LogP contribution in [0.2, 0.25) is 0 Å². The molecule has 1 aromatic carbocycles. The van der Waals surface area contributed by atoms with Crippen molar-refractivity contribution in [2.75, 3.05) is 6.61 Å². The van der Waals surface area contributed by atoms with E-state index in [0.29, 0.717) is 6.61 Å². The Morgan fingerprint density at radius 2 is 1.12 bits per heavy atom. The first-order chi connectivity index (χ1) is 15.4. The molecule has 0 aliphatic rings. The number of hydrogen-bond donors (Lipinski definition) is 1. The Balaban J connectivity index is 1.91. The van der Waals surface area contributed by atoms with Crippen molar-refractivity contribution in [3.05, 3.63) is 29.8 Å². The maximum Gasteiger partial charge on any atom is 0.394 e. The Kier molecular flexibility index (Phi) is 17.2. The number of rotatable bonds is 20. The van der Waals surface area contributed by atoms with Gasteiger partial charge in [-0.3, -0.25) is 0 Å². The molecular weight excluding hydrogens is 415 g/mol. The summed E-state index contributed by atoms with van der Waals surface area (Å²) in [5, 5.41) is 0. The van der Waals surface area contributed by atoms with E-state index >= 15 is 0 Å². The van der Waals surface area contributed by atoms with Gasteiger partial charge in [0.1, 0.15) is 5.75 Å². The first-order valence-electron chi connectivity index (χ1n) is 13.3. The Labute approximate surface area is 200 Å². The monoisotopic (exact) mass is 466 g/mol. The fourth-order valence-corrected chi connectivity index (χ4v) is 4.73. The second kappa shape index (κ2) is 18.8. The molecule has 0 bridgehead atoms. The average molecular weight is 467 g/mol. The summed E-state index contributed by atoms with van der Waals surface area (Å²) >= 11 is 0. The molecule has 0 spiro atoms. The molecule has 32 heavy (non-hydrogen) atoms. The van der Waals surface area contributed by atoms with E-state index in [1.54, 1.807) is 0 Å². The molecule has 3 nitrogen and oxygen atoms in total. The lowest BCUT2D eigenvalue weighted by Crippen LogP contribution is -2.12. The molecule has 1 rings (SSSR count). The van der Waals surface area contributed by atoms with Gasteiger partial charge >= 0.3 is 8.60 Å². The Hall–Kier alpha value is -0.630. The van der Waals surface area contributed by atoms with Crippen molar-refractivity contribution in [1.29, 1.82) is 0 Å². The molecule has 0 amide bonds. The van der Waals surface area contributed by atoms with Crippen LogP contribution in [0.5, 0.6) is 5.75 Å². The van der Waals surface area contributed by atoms with Crippen LogP contribution < -0.4 is 4.52 Å². The molecule has 1 unspecified atom stereocenters. The molecule has 1 aromatic rings. The van der Waals surface area contributed by atoms with Crippen LogP contribution >= 0.6 is 8.60 Å². The van der Waals surface area contributed by atoms with E-state index in [9.17, 15) is 4.89 Å². The molecule has 0 saturated carbocycles. The van der Waals surface area contributed by atoms with Crippen LogP contribution in [-0.2, 0) is 9.94 Å². The van der Waals surface area contributed by atoms with E-state index in [0.717, 1.165) is 17.7 Å². The highest BCUT2D eigenvalue weighted by atomic mass is 31.2. The van der Waals surface area contributed by atoms with Gasteiger partial charge in [0.05, 0.1) is 6.61 Å². The van der Waals surface area contributed by atoms with Gasteiger partial charge in [0.25, 0.3) is 0 Å². The fraction of sp³-hybridized carbons (Fsp3) is 0.786. The molecule has 186 valence electrons. The zero-order valence-corrected chi connectivity index (χ0v) is 22.4. The zero-order valence-electron chi connectivity index (χ0n) is 21.5. The predicted molar refractivity (Wildman–Crippen MR) is 140 cm³/mol. The Morgan fingerprint density at radius 3 is 1.59 bits per heavy atom. The van der Waals surface area contributed by atoms with Crippen molar-refractivity contribution in [2.24, 2.45) is 0 Å². The molecule has 0 saturated heterocycles. The minimum atomic E-state index is -1.86. The molecule has 0 aliphatic heterocycles. The highest BCUT2D eigenvalue weighted by molar-refractivity contribution is 7.41. The van der Waals surface area contributed by atoms with E-state index in [2.05, 4.69) is 27.7 Å². The Morgan fingerprint density at radius 1 is 0.688 bits per heavy atom. The van der Waals surface area contributed by atoms with Crippen molar-refractivity contribution in [1.82, 2.24) is 0 Å². The van der Waals surface area contributed by atoms with Gasteiger partial charge in [-0.05, 0) is 23.5 Å². The van der Waals surface area contributed by atoms with Gasteiger partial charge in [-0.1, -0.05) is 142 Å². The SMILES string of the molecule is CCCCCCCCCCCCCCCCCCOP(O)Oc1ccccc1C(C)(C)C. The summed E-state index contributed by atoms with van der Waals surface area (Å²) < 4.78 is 11.2. The van der Waals surface area contributed by atoms with Crippen molar-refractivity contribution >= 4 is 8.60 Å². The first kappa shape index (κ1) is 29.4. The van der Waals surface area contributed by atoms with Crippen LogP contribution in [0.3, 0.4) is 0 Å². The summed E-state index contributed by atoms with van der Waals surface area (Å²) in [6.45, 7) is 9.29. The van der Waals surface area contributed by atoms with Gasteiger partial charge in [0.2, 0.25) is 0 Å². The smallest absolute Gasteiger partial charge is 0.394 e. The van der Waals surface area contributed by atoms with Gasteiger partial charge in [0.15, 0.2) is 0 Å². The molecule has 0 fully saturated rings. The fourth-order valence-electron chi connectivity index (χ4n) is 4.07. The van der Waals surface area contributed by atoms with Crippen LogP contribution in [0.1, 0.15) is 136 Å². The van der Waals surface area contributed by atoms with Gasteiger partial charge < -0.3 is 13.9 Å². The zero-order chi connectivity index (χ0) is 23.5. The van der Waals surface area contributed by atoms with Gasteiger partial charge in [0, 0.05) is 0 Å². The van der Waals surface area contributed by atoms with E-state index in [1.165, 1.54) is 96.3 Å². The summed E-state index contributed by atoms with van der Waals surface area (Å²) in [5.74, 6) is 0.723. The molecular formula is C28H51O3P. The molecule has 0 aliphatic carbocycles. The minimum Gasteiger partial charge on any atom is -0.427 e. The Bertz CT molecular complexity index is 556. The van der Waals surface area contributed by atoms with Gasteiger partial charge in [-0.2, -0.15) is 0 Å². The number of hydrogen-bond acceptors (Lipinski definition) is 3. The third-order valence-electron chi connectivity index (χ3n) is 6.07. The predicted octanol–water partition coefficient (Wildman–Crippen LogP) is 9.86. The van der Waals surface area contributed by atoms with Crippen molar-refractivity contribution in [3.8, 4) is 5.75 Å². The van der Waals surface area contributed by atoms with E-state index in [-0.39, 0.29) is 5.41 Å². The largest absolute Gasteiger partial charge is 0.427 e. The second-order valence-corrected chi connectivity index (χ2v) is 11.1. The maximum atomic E-state index is 10.1. The molecule has 0 radical (unpaired) electrons. The second-order valence-electron chi connectivity index (χ2n) is 10.2. The minimum absolute atomic E-state index is 0.0271. The number of benzene rings is 1. The average Bonchev–Trinajstić information content (AvgIpc) is 2.75. The van der Waals surface area contributed by atoms with Crippen LogP contribution in [0, 0.1) is 0 Å². The van der Waals surface area contributed by atoms with Crippen LogP contribution in [-0.4, -0.2) is 11.5 Å². The molecule has 0 heterocycles. The standard InChI is InChI=1S/C28H51O3P/c1-5-6-7-8-9-10-11-12-13-14-15-16-17-18-19-22-25-30-32(29)31-27-24-21-20-23-26(27)28(2,3)4/h20-21,23-24,29H,5-19,22,25H2,1-4H3. The van der Waals surface area contributed by atoms with Crippen LogP contribution in [0.15, 0.2) is 24.3 Å². The lowest BCUT2D eigenvalue weighted by molar-refractivity contribution is 0.252. The topological polar surface area (TPSA) is 38.7 Å². The van der Waals surface area contributed by atoms with Crippen molar-refractivity contribution in [3.63, 3.8) is 0 Å². The molecule has 0 aromatic heterocycles. The van der Waals surface area contributed by atoms with Crippen molar-refractivity contribution in [2.45, 2.75) is 136 Å². The van der Waals surface area contributed by atoms with Crippen LogP contribution in [0.25, 0.3) is 0 Å². The first-order valence-corrected chi connectivity index (χ1v) is 14.5. The normalized spacial score (nSPS) is 12.8. The summed E-state index contributed by atoms with van der Waals surface area (Å²) in [5.41, 5.74) is 1.06. The van der Waals surface area contributed by atoms with Crippen LogP contribution in [0.4, 0.5) is 0 Å². The summed E-state index contributed by atoms with van der Waals surface area (Å²) in [4.78, 5) is 10.1. The van der Waals surface area contributed by atoms with E-state index in [4.69, 9.17) is 9.05 Å². The lowest BCUT2D eigenvalue weighted by Gasteiger charge is -2.23. The molecule has 1 N–H and O–H groups in total. The lowest BCUT2D eigenvalue weighted by atomic mass is 9.86. The maximum absolute atomic E-state index is 10.1. The number of unbranched alkanes of at least 4 members (excludes halogenated alkanes) is 15. The summed E-state index contributed by atoms with van der Waals surface area (Å²) in [7, 11) is -1.86. The quantitative estimate of drug-likeness (QED) is 0.153. The van der Waals surface area contributed by atoms with Crippen molar-refractivity contribution < 1.29 is 13.9 Å². The third kappa shape index (κ3) is 15.3. The third-order valence-corrected chi connectivity index (χ3v) is 6.83. The number of para-hydroxylation sites is 1. The molecule has 4 heteroatoms. The molecule has 1 atom stereocenters. The van der Waals surface area contributed by atoms with Gasteiger partial charge in [-0.25, -0.2) is 0 Å².